The van der Waals surface area contributed by atoms with Crippen LogP contribution in [0.1, 0.15) is 19.8 Å². The second kappa shape index (κ2) is 9.53. The Kier molecular flexibility index (Phi) is 7.35. The van der Waals surface area contributed by atoms with Gasteiger partial charge in [-0.05, 0) is 13.3 Å². The fourth-order valence-electron chi connectivity index (χ4n) is 3.09. The van der Waals surface area contributed by atoms with E-state index in [4.69, 9.17) is 4.74 Å². The number of hydrogen-bond donors (Lipinski definition) is 2. The summed E-state index contributed by atoms with van der Waals surface area (Å²) in [7, 11) is 2.71. The highest BCUT2D eigenvalue weighted by Crippen LogP contribution is 2.28. The van der Waals surface area contributed by atoms with E-state index in [1.807, 2.05) is 4.90 Å². The molecule has 0 aliphatic carbocycles. The number of rotatable bonds is 7. The van der Waals surface area contributed by atoms with Gasteiger partial charge >= 0.3 is 6.03 Å². The number of anilines is 1. The van der Waals surface area contributed by atoms with Crippen molar-refractivity contribution in [2.45, 2.75) is 25.3 Å². The summed E-state index contributed by atoms with van der Waals surface area (Å²) in [6.07, 6.45) is 0.880. The molecule has 1 aliphatic heterocycles. The largest absolute Gasteiger partial charge is 0.493 e. The molecule has 0 saturated carbocycles. The molecule has 2 N–H and O–H groups in total. The third kappa shape index (κ3) is 5.55. The Morgan fingerprint density at radius 2 is 1.90 bits per heavy atom. The van der Waals surface area contributed by atoms with Crippen molar-refractivity contribution in [3.05, 3.63) is 23.8 Å². The lowest BCUT2D eigenvalue weighted by molar-refractivity contribution is -0.132. The highest BCUT2D eigenvalue weighted by molar-refractivity contribution is 5.81. The number of nitrogens with one attached hydrogen (secondary N) is 2. The Balaban J connectivity index is 1.92. The molecule has 3 amide bonds. The summed E-state index contributed by atoms with van der Waals surface area (Å²) in [5, 5.41) is 4.90. The van der Waals surface area contributed by atoms with E-state index >= 15 is 0 Å². The summed E-state index contributed by atoms with van der Waals surface area (Å²) >= 11 is 0. The number of hydrogen-bond acceptors (Lipinski definition) is 5. The third-order valence-electron chi connectivity index (χ3n) is 4.94. The minimum atomic E-state index is -1.14. The van der Waals surface area contributed by atoms with Gasteiger partial charge in [0.1, 0.15) is 6.29 Å². The van der Waals surface area contributed by atoms with Crippen LogP contribution < -0.4 is 20.3 Å². The van der Waals surface area contributed by atoms with Crippen molar-refractivity contribution in [1.82, 2.24) is 15.5 Å². The molecular weight excluding hydrogens is 386 g/mol. The van der Waals surface area contributed by atoms with Crippen LogP contribution in [-0.4, -0.2) is 69.0 Å². The van der Waals surface area contributed by atoms with Gasteiger partial charge in [0.05, 0.1) is 12.6 Å². The number of aldehydes is 1. The van der Waals surface area contributed by atoms with Crippen LogP contribution in [0.3, 0.4) is 0 Å². The predicted octanol–water partition coefficient (Wildman–Crippen LogP) is 1.29. The number of amides is 3. The second-order valence-corrected chi connectivity index (χ2v) is 7.05. The van der Waals surface area contributed by atoms with Gasteiger partial charge in [-0.2, -0.15) is 4.39 Å². The van der Waals surface area contributed by atoms with Crippen molar-refractivity contribution < 1.29 is 27.9 Å². The molecule has 160 valence electrons. The van der Waals surface area contributed by atoms with Crippen LogP contribution >= 0.6 is 0 Å². The van der Waals surface area contributed by atoms with Crippen LogP contribution in [0.4, 0.5) is 19.3 Å². The first-order valence-electron chi connectivity index (χ1n) is 9.25. The second-order valence-electron chi connectivity index (χ2n) is 7.05. The number of benzene rings is 1. The maximum Gasteiger partial charge on any atom is 0.315 e. The number of nitrogens with zero attached hydrogens (tertiary/aromatic N) is 2. The molecule has 0 bridgehead atoms. The molecule has 29 heavy (non-hydrogen) atoms. The van der Waals surface area contributed by atoms with Gasteiger partial charge in [0.25, 0.3) is 0 Å². The highest BCUT2D eigenvalue weighted by atomic mass is 19.2. The van der Waals surface area contributed by atoms with Crippen molar-refractivity contribution in [2.75, 3.05) is 45.2 Å². The summed E-state index contributed by atoms with van der Waals surface area (Å²) in [5.41, 5.74) is -0.657. The number of carbonyl (C=O) groups is 3. The first-order chi connectivity index (χ1) is 13.7. The average molecular weight is 412 g/mol. The third-order valence-corrected chi connectivity index (χ3v) is 4.94. The zero-order chi connectivity index (χ0) is 21.6. The Morgan fingerprint density at radius 3 is 2.45 bits per heavy atom. The first kappa shape index (κ1) is 22.4. The molecule has 1 atom stereocenters. The monoisotopic (exact) mass is 412 g/mol. The van der Waals surface area contributed by atoms with Gasteiger partial charge < -0.3 is 30.0 Å². The van der Waals surface area contributed by atoms with Crippen molar-refractivity contribution in [3.63, 3.8) is 0 Å². The number of ether oxygens (including phenoxy) is 1. The molecule has 0 spiro atoms. The lowest BCUT2D eigenvalue weighted by Crippen LogP contribution is -2.52. The zero-order valence-corrected chi connectivity index (χ0v) is 16.8. The van der Waals surface area contributed by atoms with Crippen molar-refractivity contribution in [3.8, 4) is 5.75 Å². The maximum absolute atomic E-state index is 13.7. The molecule has 1 unspecified atom stereocenters. The van der Waals surface area contributed by atoms with Crippen molar-refractivity contribution in [2.24, 2.45) is 0 Å². The van der Waals surface area contributed by atoms with E-state index in [1.54, 1.807) is 11.8 Å². The zero-order valence-electron chi connectivity index (χ0n) is 16.8. The number of piperazine rings is 1. The van der Waals surface area contributed by atoms with E-state index in [-0.39, 0.29) is 24.5 Å². The Hall–Kier alpha value is -2.91. The number of halogens is 2. The van der Waals surface area contributed by atoms with Gasteiger partial charge in [-0.3, -0.25) is 4.79 Å². The number of methoxy groups -OCH3 is 1. The summed E-state index contributed by atoms with van der Waals surface area (Å²) in [6, 6.07) is 2.04. The van der Waals surface area contributed by atoms with Crippen LogP contribution in [0.2, 0.25) is 0 Å². The van der Waals surface area contributed by atoms with Gasteiger partial charge in [-0.25, -0.2) is 9.18 Å². The van der Waals surface area contributed by atoms with E-state index < -0.39 is 23.2 Å². The first-order valence-corrected chi connectivity index (χ1v) is 9.25. The molecule has 1 aliphatic rings. The molecule has 1 saturated heterocycles. The van der Waals surface area contributed by atoms with E-state index in [2.05, 4.69) is 10.6 Å². The highest BCUT2D eigenvalue weighted by Gasteiger charge is 2.29. The SMILES string of the molecule is CNC(=O)NC(C)(C=O)CCC(=O)N1CCN(c2cc(F)c(F)c(OC)c2)CC1. The fourth-order valence-corrected chi connectivity index (χ4v) is 3.09. The number of urea groups is 1. The summed E-state index contributed by atoms with van der Waals surface area (Å²) in [4.78, 5) is 38.8. The normalized spacial score (nSPS) is 16.0. The van der Waals surface area contributed by atoms with Crippen LogP contribution in [0.5, 0.6) is 5.75 Å². The lowest BCUT2D eigenvalue weighted by atomic mass is 9.97. The minimum Gasteiger partial charge on any atom is -0.493 e. The molecule has 1 fully saturated rings. The lowest BCUT2D eigenvalue weighted by Gasteiger charge is -2.36. The summed E-state index contributed by atoms with van der Waals surface area (Å²) < 4.78 is 32.2. The van der Waals surface area contributed by atoms with E-state index in [0.29, 0.717) is 38.2 Å². The minimum absolute atomic E-state index is 0.0955. The molecule has 1 aromatic rings. The molecule has 0 aromatic heterocycles. The maximum atomic E-state index is 13.7. The van der Waals surface area contributed by atoms with Crippen LogP contribution in [0, 0.1) is 11.6 Å². The van der Waals surface area contributed by atoms with Gasteiger partial charge in [0.2, 0.25) is 11.7 Å². The van der Waals surface area contributed by atoms with Crippen LogP contribution in [0.25, 0.3) is 0 Å². The Morgan fingerprint density at radius 1 is 1.24 bits per heavy atom. The Labute approximate surface area is 168 Å². The fraction of sp³-hybridized carbons (Fsp3) is 0.526. The van der Waals surface area contributed by atoms with Crippen LogP contribution in [0.15, 0.2) is 12.1 Å². The van der Waals surface area contributed by atoms with E-state index in [0.717, 1.165) is 6.07 Å². The average Bonchev–Trinajstić information content (AvgIpc) is 2.73. The van der Waals surface area contributed by atoms with Crippen molar-refractivity contribution >= 4 is 23.9 Å². The molecule has 10 heteroatoms. The number of carbonyl (C=O) groups excluding carboxylic acids is 3. The Bertz CT molecular complexity index is 769. The summed E-state index contributed by atoms with van der Waals surface area (Å²) in [5.74, 6) is -2.34. The van der Waals surface area contributed by atoms with Gasteiger partial charge in [-0.15, -0.1) is 0 Å². The van der Waals surface area contributed by atoms with Crippen LogP contribution in [-0.2, 0) is 9.59 Å². The standard InChI is InChI=1S/C19H26F2N4O4/c1-19(12-26,23-18(28)22-2)5-4-16(27)25-8-6-24(7-9-25)13-10-14(20)17(21)15(11-13)29-3/h10-12H,4-9H2,1-3H3,(H2,22,23,28). The van der Waals surface area contributed by atoms with E-state index in [1.165, 1.54) is 20.2 Å². The molecule has 8 nitrogen and oxygen atoms in total. The van der Waals surface area contributed by atoms with Crippen molar-refractivity contribution in [1.29, 1.82) is 0 Å². The predicted molar refractivity (Wildman–Crippen MR) is 103 cm³/mol. The van der Waals surface area contributed by atoms with Gasteiger partial charge in [-0.1, -0.05) is 0 Å². The quantitative estimate of drug-likeness (QED) is 0.659. The van der Waals surface area contributed by atoms with E-state index in [9.17, 15) is 23.2 Å². The molecular formula is C19H26F2N4O4. The smallest absolute Gasteiger partial charge is 0.315 e. The topological polar surface area (TPSA) is 91.0 Å². The molecule has 0 radical (unpaired) electrons. The van der Waals surface area contributed by atoms with Gasteiger partial charge in [0, 0.05) is 57.5 Å². The molecule has 1 aromatic carbocycles. The van der Waals surface area contributed by atoms with Gasteiger partial charge in [0.15, 0.2) is 11.6 Å². The summed E-state index contributed by atoms with van der Waals surface area (Å²) in [6.45, 7) is 3.25. The molecule has 1 heterocycles. The molecule has 2 rings (SSSR count).